The van der Waals surface area contributed by atoms with Crippen molar-refractivity contribution in [3.63, 3.8) is 0 Å². The average Bonchev–Trinajstić information content (AvgIpc) is 2.03. The number of rotatable bonds is 0. The van der Waals surface area contributed by atoms with Gasteiger partial charge in [0.05, 0.1) is 0 Å². The molecule has 0 heterocycles. The molecule has 0 bridgehead atoms. The van der Waals surface area contributed by atoms with Crippen LogP contribution in [-0.4, -0.2) is 5.91 Å². The summed E-state index contributed by atoms with van der Waals surface area (Å²) in [6.07, 6.45) is 0. The molecule has 0 saturated heterocycles. The summed E-state index contributed by atoms with van der Waals surface area (Å²) in [6, 6.07) is 7.03. The molecule has 0 aliphatic rings. The van der Waals surface area contributed by atoms with Gasteiger partial charge in [-0.3, -0.25) is 4.79 Å². The van der Waals surface area contributed by atoms with Gasteiger partial charge in [0.2, 0.25) is 0 Å². The van der Waals surface area contributed by atoms with Gasteiger partial charge >= 0.3 is 0 Å². The zero-order chi connectivity index (χ0) is 8.97. The van der Waals surface area contributed by atoms with Gasteiger partial charge in [0.25, 0.3) is 5.91 Å². The fourth-order valence-corrected chi connectivity index (χ4v) is 0.740. The lowest BCUT2D eigenvalue weighted by Crippen LogP contribution is -2.06. The Labute approximate surface area is 70.4 Å². The number of para-hydroxylation sites is 1. The molecule has 3 heteroatoms. The van der Waals surface area contributed by atoms with Crippen molar-refractivity contribution in [2.75, 3.05) is 5.73 Å². The first-order valence-corrected chi connectivity index (χ1v) is 3.36. The Morgan fingerprint density at radius 3 is 2.58 bits per heavy atom. The fraction of sp³-hybridized carbons (Fsp3) is 0. The van der Waals surface area contributed by atoms with E-state index in [1.165, 1.54) is 0 Å². The Balaban J connectivity index is 2.99. The minimum absolute atomic E-state index is 0.547. The van der Waals surface area contributed by atoms with Gasteiger partial charge in [-0.05, 0) is 12.1 Å². The highest BCUT2D eigenvalue weighted by atomic mass is 16.1. The van der Waals surface area contributed by atoms with Crippen LogP contribution >= 0.6 is 0 Å². The van der Waals surface area contributed by atoms with E-state index in [4.69, 9.17) is 11.5 Å². The first-order valence-electron chi connectivity index (χ1n) is 3.36. The number of hydrogen-bond donors (Lipinski definition) is 2. The maximum atomic E-state index is 10.3. The zero-order valence-electron chi connectivity index (χ0n) is 6.37. The van der Waals surface area contributed by atoms with Gasteiger partial charge < -0.3 is 11.5 Å². The van der Waals surface area contributed by atoms with E-state index in [1.54, 1.807) is 24.3 Å². The second-order valence-electron chi connectivity index (χ2n) is 2.20. The number of anilines is 1. The first-order chi connectivity index (χ1) is 5.70. The minimum atomic E-state index is -0.654. The number of amides is 1. The molecule has 0 saturated carbocycles. The quantitative estimate of drug-likeness (QED) is 0.417. The molecule has 1 amide bonds. The molecule has 0 aromatic heterocycles. The molecule has 0 aliphatic carbocycles. The van der Waals surface area contributed by atoms with Crippen molar-refractivity contribution >= 4 is 11.6 Å². The van der Waals surface area contributed by atoms with E-state index < -0.39 is 5.91 Å². The van der Waals surface area contributed by atoms with Crippen LogP contribution in [0, 0.1) is 11.8 Å². The van der Waals surface area contributed by atoms with Gasteiger partial charge in [-0.25, -0.2) is 0 Å². The molecule has 0 unspecified atom stereocenters. The number of primary amides is 1. The summed E-state index contributed by atoms with van der Waals surface area (Å²) < 4.78 is 0. The predicted octanol–water partition coefficient (Wildman–Crippen LogP) is 0.106. The van der Waals surface area contributed by atoms with Gasteiger partial charge in [-0.1, -0.05) is 18.1 Å². The molecule has 0 spiro atoms. The SMILES string of the molecule is NC(=O)C#Cc1ccccc1N. The van der Waals surface area contributed by atoms with E-state index in [9.17, 15) is 4.79 Å². The van der Waals surface area contributed by atoms with Crippen molar-refractivity contribution < 1.29 is 4.79 Å². The number of carbonyl (C=O) groups excluding carboxylic acids is 1. The first kappa shape index (κ1) is 8.15. The molecule has 4 N–H and O–H groups in total. The van der Waals surface area contributed by atoms with Crippen molar-refractivity contribution in [3.8, 4) is 11.8 Å². The third kappa shape index (κ3) is 2.03. The summed E-state index contributed by atoms with van der Waals surface area (Å²) >= 11 is 0. The molecule has 0 fully saturated rings. The van der Waals surface area contributed by atoms with E-state index in [0.29, 0.717) is 11.3 Å². The second kappa shape index (κ2) is 3.44. The van der Waals surface area contributed by atoms with Crippen LogP contribution in [0.4, 0.5) is 5.69 Å². The Morgan fingerprint density at radius 2 is 2.00 bits per heavy atom. The van der Waals surface area contributed by atoms with E-state index >= 15 is 0 Å². The molecule has 1 aromatic rings. The lowest BCUT2D eigenvalue weighted by Gasteiger charge is -1.93. The molecule has 0 atom stereocenters. The van der Waals surface area contributed by atoms with Crippen molar-refractivity contribution in [1.82, 2.24) is 0 Å². The highest BCUT2D eigenvalue weighted by Gasteiger charge is 1.91. The van der Waals surface area contributed by atoms with Crippen LogP contribution in [0.5, 0.6) is 0 Å². The van der Waals surface area contributed by atoms with Crippen molar-refractivity contribution in [2.24, 2.45) is 5.73 Å². The van der Waals surface area contributed by atoms with E-state index in [-0.39, 0.29) is 0 Å². The topological polar surface area (TPSA) is 69.1 Å². The average molecular weight is 160 g/mol. The maximum absolute atomic E-state index is 10.3. The Bertz CT molecular complexity index is 360. The van der Waals surface area contributed by atoms with Crippen molar-refractivity contribution in [1.29, 1.82) is 0 Å². The third-order valence-corrected chi connectivity index (χ3v) is 1.28. The van der Waals surface area contributed by atoms with Crippen LogP contribution < -0.4 is 11.5 Å². The summed E-state index contributed by atoms with van der Waals surface area (Å²) in [6.45, 7) is 0. The van der Waals surface area contributed by atoms with E-state index in [1.807, 2.05) is 0 Å². The molecule has 12 heavy (non-hydrogen) atoms. The summed E-state index contributed by atoms with van der Waals surface area (Å²) in [7, 11) is 0. The highest BCUT2D eigenvalue weighted by Crippen LogP contribution is 2.07. The highest BCUT2D eigenvalue weighted by molar-refractivity contribution is 5.92. The molecular weight excluding hydrogens is 152 g/mol. The number of carbonyl (C=O) groups is 1. The van der Waals surface area contributed by atoms with Crippen molar-refractivity contribution in [2.45, 2.75) is 0 Å². The van der Waals surface area contributed by atoms with Crippen LogP contribution in [0.2, 0.25) is 0 Å². The monoisotopic (exact) mass is 160 g/mol. The smallest absolute Gasteiger partial charge is 0.293 e. The summed E-state index contributed by atoms with van der Waals surface area (Å²) in [5.41, 5.74) is 11.6. The standard InChI is InChI=1S/C9H8N2O/c10-8-4-2-1-3-7(8)5-6-9(11)12/h1-4H,10H2,(H2,11,12). The summed E-state index contributed by atoms with van der Waals surface area (Å²) in [4.78, 5) is 10.3. The molecule has 60 valence electrons. The number of hydrogen-bond acceptors (Lipinski definition) is 2. The number of nitrogen functional groups attached to an aromatic ring is 1. The molecule has 3 nitrogen and oxygen atoms in total. The van der Waals surface area contributed by atoms with Gasteiger partial charge in [-0.15, -0.1) is 0 Å². The fourth-order valence-electron chi connectivity index (χ4n) is 0.740. The van der Waals surface area contributed by atoms with E-state index in [2.05, 4.69) is 11.8 Å². The molecule has 0 aliphatic heterocycles. The largest absolute Gasteiger partial charge is 0.398 e. The molecular formula is C9H8N2O. The van der Waals surface area contributed by atoms with Crippen LogP contribution in [0.15, 0.2) is 24.3 Å². The summed E-state index contributed by atoms with van der Waals surface area (Å²) in [5.74, 6) is 4.12. The number of nitrogens with two attached hydrogens (primary N) is 2. The maximum Gasteiger partial charge on any atom is 0.293 e. The Hall–Kier alpha value is -1.95. The van der Waals surface area contributed by atoms with Gasteiger partial charge in [-0.2, -0.15) is 0 Å². The summed E-state index contributed by atoms with van der Waals surface area (Å²) in [5, 5.41) is 0. The second-order valence-corrected chi connectivity index (χ2v) is 2.20. The molecule has 0 radical (unpaired) electrons. The molecule has 1 rings (SSSR count). The lowest BCUT2D eigenvalue weighted by atomic mass is 10.2. The van der Waals surface area contributed by atoms with E-state index in [0.717, 1.165) is 0 Å². The predicted molar refractivity (Wildman–Crippen MR) is 46.9 cm³/mol. The molecule has 1 aromatic carbocycles. The van der Waals surface area contributed by atoms with Crippen LogP contribution in [0.1, 0.15) is 5.56 Å². The minimum Gasteiger partial charge on any atom is -0.398 e. The lowest BCUT2D eigenvalue weighted by molar-refractivity contribution is -0.112. The zero-order valence-corrected chi connectivity index (χ0v) is 6.37. The van der Waals surface area contributed by atoms with Crippen LogP contribution in [0.25, 0.3) is 0 Å². The van der Waals surface area contributed by atoms with Crippen LogP contribution in [-0.2, 0) is 4.79 Å². The van der Waals surface area contributed by atoms with Gasteiger partial charge in [0.15, 0.2) is 0 Å². The van der Waals surface area contributed by atoms with Gasteiger partial charge in [0.1, 0.15) is 0 Å². The number of benzene rings is 1. The van der Waals surface area contributed by atoms with Crippen molar-refractivity contribution in [3.05, 3.63) is 29.8 Å². The third-order valence-electron chi connectivity index (χ3n) is 1.28. The normalized spacial score (nSPS) is 8.33. The van der Waals surface area contributed by atoms with Crippen LogP contribution in [0.3, 0.4) is 0 Å². The Kier molecular flexibility index (Phi) is 2.34. The van der Waals surface area contributed by atoms with Gasteiger partial charge in [0, 0.05) is 17.2 Å². The Morgan fingerprint density at radius 1 is 1.33 bits per heavy atom.